The summed E-state index contributed by atoms with van der Waals surface area (Å²) in [5.74, 6) is 0.677. The molecule has 0 radical (unpaired) electrons. The van der Waals surface area contributed by atoms with Gasteiger partial charge in [0.2, 0.25) is 5.91 Å². The fourth-order valence-corrected chi connectivity index (χ4v) is 2.60. The molecule has 0 bridgehead atoms. The topological polar surface area (TPSA) is 56.9 Å². The lowest BCUT2D eigenvalue weighted by atomic mass is 9.89. The molecular weight excluding hydrogens is 238 g/mol. The summed E-state index contributed by atoms with van der Waals surface area (Å²) in [5, 5.41) is 6.42. The van der Waals surface area contributed by atoms with Crippen molar-refractivity contribution in [3.63, 3.8) is 0 Å². The van der Waals surface area contributed by atoms with Crippen molar-refractivity contribution in [3.8, 4) is 0 Å². The molecule has 2 rings (SSSR count). The highest BCUT2D eigenvalue weighted by atomic mass is 16.1. The van der Waals surface area contributed by atoms with Crippen molar-refractivity contribution in [2.45, 2.75) is 38.5 Å². The molecule has 1 atom stereocenters. The number of nitrogens with one attached hydrogen (secondary N) is 3. The summed E-state index contributed by atoms with van der Waals surface area (Å²) in [4.78, 5) is 15.2. The number of carbonyl (C=O) groups excluding carboxylic acids is 1. The van der Waals surface area contributed by atoms with Crippen LogP contribution in [0.2, 0.25) is 0 Å². The van der Waals surface area contributed by atoms with Crippen molar-refractivity contribution in [2.24, 2.45) is 5.92 Å². The Labute approximate surface area is 115 Å². The number of piperidine rings is 1. The summed E-state index contributed by atoms with van der Waals surface area (Å²) < 4.78 is 0. The molecule has 0 aromatic carbocycles. The predicted octanol–water partition coefficient (Wildman–Crippen LogP) is 1.80. The first-order chi connectivity index (χ1) is 9.08. The number of carbonyl (C=O) groups is 1. The number of amides is 1. The smallest absolute Gasteiger partial charge is 0.220 e. The van der Waals surface area contributed by atoms with Crippen molar-refractivity contribution >= 4 is 5.91 Å². The molecule has 1 aliphatic rings. The van der Waals surface area contributed by atoms with Crippen LogP contribution < -0.4 is 10.6 Å². The van der Waals surface area contributed by atoms with E-state index in [1.54, 1.807) is 0 Å². The van der Waals surface area contributed by atoms with E-state index in [0.29, 0.717) is 18.9 Å². The van der Waals surface area contributed by atoms with E-state index in [4.69, 9.17) is 0 Å². The summed E-state index contributed by atoms with van der Waals surface area (Å²) in [6, 6.07) is 4.06. The van der Waals surface area contributed by atoms with Crippen LogP contribution in [0.1, 0.15) is 38.8 Å². The van der Waals surface area contributed by atoms with Gasteiger partial charge in [-0.2, -0.15) is 0 Å². The Morgan fingerprint density at radius 3 is 3.00 bits per heavy atom. The van der Waals surface area contributed by atoms with Gasteiger partial charge in [-0.05, 0) is 44.0 Å². The second-order valence-electron chi connectivity index (χ2n) is 6.16. The molecule has 1 aromatic heterocycles. The average Bonchev–Trinajstić information content (AvgIpc) is 2.92. The van der Waals surface area contributed by atoms with Crippen LogP contribution >= 0.6 is 0 Å². The highest BCUT2D eigenvalue weighted by molar-refractivity contribution is 5.76. The van der Waals surface area contributed by atoms with E-state index in [9.17, 15) is 4.79 Å². The molecule has 1 fully saturated rings. The zero-order chi connectivity index (χ0) is 13.7. The summed E-state index contributed by atoms with van der Waals surface area (Å²) in [6.45, 7) is 7.03. The minimum atomic E-state index is -0.0516. The fraction of sp³-hybridized carbons (Fsp3) is 0.667. The number of rotatable bonds is 5. The number of H-pyrrole nitrogens is 1. The number of aromatic nitrogens is 1. The Hall–Kier alpha value is -1.29. The standard InChI is InChI=1S/C15H25N3O/c1-15(2,13-6-4-8-17-13)11-18-14(19)9-12-5-3-7-16-10-12/h4,6,8,12,16-17H,3,5,7,9-11H2,1-2H3,(H,18,19). The Kier molecular flexibility index (Phi) is 4.64. The maximum Gasteiger partial charge on any atom is 0.220 e. The van der Waals surface area contributed by atoms with Crippen LogP contribution in [0.3, 0.4) is 0 Å². The van der Waals surface area contributed by atoms with Crippen molar-refractivity contribution in [3.05, 3.63) is 24.0 Å². The van der Waals surface area contributed by atoms with Gasteiger partial charge in [-0.25, -0.2) is 0 Å². The quantitative estimate of drug-likeness (QED) is 0.758. The van der Waals surface area contributed by atoms with Crippen LogP contribution in [0.15, 0.2) is 18.3 Å². The first kappa shape index (κ1) is 14.1. The lowest BCUT2D eigenvalue weighted by Gasteiger charge is -2.26. The Morgan fingerprint density at radius 1 is 1.53 bits per heavy atom. The first-order valence-electron chi connectivity index (χ1n) is 7.19. The molecule has 19 heavy (non-hydrogen) atoms. The van der Waals surface area contributed by atoms with Crippen molar-refractivity contribution in [1.82, 2.24) is 15.6 Å². The molecule has 0 spiro atoms. The Bertz CT molecular complexity index is 392. The maximum absolute atomic E-state index is 12.0. The van der Waals surface area contributed by atoms with Gasteiger partial charge in [0.05, 0.1) is 0 Å². The summed E-state index contributed by atoms with van der Waals surface area (Å²) in [6.07, 6.45) is 4.92. The molecule has 1 aliphatic heterocycles. The molecule has 2 heterocycles. The first-order valence-corrected chi connectivity index (χ1v) is 7.19. The molecule has 1 amide bonds. The zero-order valence-corrected chi connectivity index (χ0v) is 12.0. The summed E-state index contributed by atoms with van der Waals surface area (Å²) >= 11 is 0. The van der Waals surface area contributed by atoms with Gasteiger partial charge in [0.25, 0.3) is 0 Å². The van der Waals surface area contributed by atoms with E-state index in [-0.39, 0.29) is 11.3 Å². The second-order valence-corrected chi connectivity index (χ2v) is 6.16. The third-order valence-electron chi connectivity index (χ3n) is 3.93. The van der Waals surface area contributed by atoms with Crippen LogP contribution in [0, 0.1) is 5.92 Å². The molecule has 3 N–H and O–H groups in total. The van der Waals surface area contributed by atoms with Gasteiger partial charge in [0.1, 0.15) is 0 Å². The molecule has 0 aliphatic carbocycles. The largest absolute Gasteiger partial charge is 0.364 e. The Balaban J connectivity index is 1.76. The third-order valence-corrected chi connectivity index (χ3v) is 3.93. The van der Waals surface area contributed by atoms with Gasteiger partial charge in [-0.15, -0.1) is 0 Å². The minimum Gasteiger partial charge on any atom is -0.364 e. The van der Waals surface area contributed by atoms with E-state index in [1.165, 1.54) is 12.8 Å². The van der Waals surface area contributed by atoms with Gasteiger partial charge >= 0.3 is 0 Å². The number of hydrogen-bond donors (Lipinski definition) is 3. The number of aromatic amines is 1. The molecule has 1 saturated heterocycles. The van der Waals surface area contributed by atoms with Gasteiger partial charge in [-0.3, -0.25) is 4.79 Å². The molecular formula is C15H25N3O. The summed E-state index contributed by atoms with van der Waals surface area (Å²) in [5.41, 5.74) is 1.11. The average molecular weight is 263 g/mol. The van der Waals surface area contributed by atoms with Gasteiger partial charge in [-0.1, -0.05) is 13.8 Å². The van der Waals surface area contributed by atoms with E-state index in [0.717, 1.165) is 18.8 Å². The fourth-order valence-electron chi connectivity index (χ4n) is 2.60. The highest BCUT2D eigenvalue weighted by Crippen LogP contribution is 2.20. The van der Waals surface area contributed by atoms with Crippen LogP contribution in [0.4, 0.5) is 0 Å². The van der Waals surface area contributed by atoms with Crippen LogP contribution in [-0.4, -0.2) is 30.5 Å². The monoisotopic (exact) mass is 263 g/mol. The van der Waals surface area contributed by atoms with Crippen LogP contribution in [-0.2, 0) is 10.2 Å². The predicted molar refractivity (Wildman–Crippen MR) is 77.0 cm³/mol. The Morgan fingerprint density at radius 2 is 2.37 bits per heavy atom. The van der Waals surface area contributed by atoms with Gasteiger partial charge in [0.15, 0.2) is 0 Å². The highest BCUT2D eigenvalue weighted by Gasteiger charge is 2.23. The molecule has 1 unspecified atom stereocenters. The third kappa shape index (κ3) is 4.10. The summed E-state index contributed by atoms with van der Waals surface area (Å²) in [7, 11) is 0. The SMILES string of the molecule is CC(C)(CNC(=O)CC1CCCNC1)c1ccc[nH]1. The van der Waals surface area contributed by atoms with E-state index >= 15 is 0 Å². The van der Waals surface area contributed by atoms with Crippen LogP contribution in [0.5, 0.6) is 0 Å². The second kappa shape index (κ2) is 6.24. The molecule has 4 heteroatoms. The maximum atomic E-state index is 12.0. The van der Waals surface area contributed by atoms with Gasteiger partial charge in [0, 0.05) is 30.3 Å². The normalized spacial score (nSPS) is 20.2. The van der Waals surface area contributed by atoms with Crippen molar-refractivity contribution in [2.75, 3.05) is 19.6 Å². The number of hydrogen-bond acceptors (Lipinski definition) is 2. The van der Waals surface area contributed by atoms with Crippen molar-refractivity contribution < 1.29 is 4.79 Å². The van der Waals surface area contributed by atoms with E-state index in [1.807, 2.05) is 12.3 Å². The van der Waals surface area contributed by atoms with Crippen LogP contribution in [0.25, 0.3) is 0 Å². The minimum absolute atomic E-state index is 0.0516. The lowest BCUT2D eigenvalue weighted by molar-refractivity contribution is -0.122. The van der Waals surface area contributed by atoms with Gasteiger partial charge < -0.3 is 15.6 Å². The molecule has 4 nitrogen and oxygen atoms in total. The van der Waals surface area contributed by atoms with E-state index in [2.05, 4.69) is 35.5 Å². The zero-order valence-electron chi connectivity index (χ0n) is 12.0. The lowest BCUT2D eigenvalue weighted by Crippen LogP contribution is -2.39. The van der Waals surface area contributed by atoms with E-state index < -0.39 is 0 Å². The molecule has 106 valence electrons. The molecule has 0 saturated carbocycles. The van der Waals surface area contributed by atoms with Crippen molar-refractivity contribution in [1.29, 1.82) is 0 Å². The molecule has 1 aromatic rings.